The Morgan fingerprint density at radius 2 is 2.15 bits per heavy atom. The van der Waals surface area contributed by atoms with Crippen LogP contribution in [0.3, 0.4) is 0 Å². The Balaban J connectivity index is 1.48. The second-order valence-corrected chi connectivity index (χ2v) is 6.35. The van der Waals surface area contributed by atoms with Gasteiger partial charge in [0.15, 0.2) is 0 Å². The molecule has 1 atom stereocenters. The molecule has 2 N–H and O–H groups in total. The first-order chi connectivity index (χ1) is 9.80. The molecule has 1 spiro atoms. The van der Waals surface area contributed by atoms with Gasteiger partial charge in [-0.3, -0.25) is 0 Å². The molecule has 1 aliphatic carbocycles. The quantitative estimate of drug-likeness (QED) is 0.809. The van der Waals surface area contributed by atoms with Crippen LogP contribution < -0.4 is 5.73 Å². The lowest BCUT2D eigenvalue weighted by molar-refractivity contribution is -0.0430. The van der Waals surface area contributed by atoms with Gasteiger partial charge in [0.2, 0.25) is 0 Å². The van der Waals surface area contributed by atoms with Crippen LogP contribution in [0.4, 0.5) is 0 Å². The molecule has 5 nitrogen and oxygen atoms in total. The van der Waals surface area contributed by atoms with Crippen molar-refractivity contribution in [2.75, 3.05) is 6.54 Å². The summed E-state index contributed by atoms with van der Waals surface area (Å²) in [6, 6.07) is 0. The highest BCUT2D eigenvalue weighted by Crippen LogP contribution is 2.43. The molecule has 112 valence electrons. The van der Waals surface area contributed by atoms with Crippen molar-refractivity contribution in [1.82, 2.24) is 15.0 Å². The molecule has 1 aliphatic heterocycles. The second kappa shape index (κ2) is 6.22. The Morgan fingerprint density at radius 1 is 1.30 bits per heavy atom. The van der Waals surface area contributed by atoms with Crippen LogP contribution in [0.15, 0.2) is 6.20 Å². The summed E-state index contributed by atoms with van der Waals surface area (Å²) in [5.74, 6) is 0. The lowest BCUT2D eigenvalue weighted by atomic mass is 9.98. The average molecular weight is 278 g/mol. The van der Waals surface area contributed by atoms with Gasteiger partial charge in [0, 0.05) is 6.20 Å². The van der Waals surface area contributed by atoms with Crippen molar-refractivity contribution < 1.29 is 4.74 Å². The Kier molecular flexibility index (Phi) is 4.36. The molecule has 1 aromatic heterocycles. The summed E-state index contributed by atoms with van der Waals surface area (Å²) in [6.45, 7) is 1.61. The topological polar surface area (TPSA) is 66.0 Å². The average Bonchev–Trinajstić information content (AvgIpc) is 3.15. The van der Waals surface area contributed by atoms with Gasteiger partial charge in [-0.25, -0.2) is 4.68 Å². The fraction of sp³-hybridized carbons (Fsp3) is 0.867. The van der Waals surface area contributed by atoms with Crippen LogP contribution in [0.1, 0.15) is 57.1 Å². The zero-order chi connectivity index (χ0) is 13.8. The van der Waals surface area contributed by atoms with E-state index in [4.69, 9.17) is 10.5 Å². The minimum Gasteiger partial charge on any atom is -0.370 e. The summed E-state index contributed by atoms with van der Waals surface area (Å²) in [5.41, 5.74) is 6.80. The SMILES string of the molecule is NCCCCc1cn(CC2CCC3(CCCC3)O2)nn1. The van der Waals surface area contributed by atoms with Crippen molar-refractivity contribution in [3.63, 3.8) is 0 Å². The number of aryl methyl sites for hydroxylation is 1. The van der Waals surface area contributed by atoms with Gasteiger partial charge >= 0.3 is 0 Å². The predicted octanol–water partition coefficient (Wildman–Crippen LogP) is 2.05. The summed E-state index contributed by atoms with van der Waals surface area (Å²) in [4.78, 5) is 0. The van der Waals surface area contributed by atoms with E-state index in [2.05, 4.69) is 16.5 Å². The highest BCUT2D eigenvalue weighted by molar-refractivity contribution is 4.95. The van der Waals surface area contributed by atoms with Crippen molar-refractivity contribution in [3.8, 4) is 0 Å². The van der Waals surface area contributed by atoms with Gasteiger partial charge in [0.1, 0.15) is 0 Å². The van der Waals surface area contributed by atoms with Gasteiger partial charge < -0.3 is 10.5 Å². The van der Waals surface area contributed by atoms with E-state index in [1.807, 2.05) is 4.68 Å². The number of ether oxygens (including phenoxy) is 1. The van der Waals surface area contributed by atoms with Crippen LogP contribution in [-0.2, 0) is 17.7 Å². The standard InChI is InChI=1S/C15H26N4O/c16-10-4-1-5-13-11-19(18-17-13)12-14-6-9-15(20-14)7-2-3-8-15/h11,14H,1-10,12,16H2. The first-order valence-corrected chi connectivity index (χ1v) is 8.07. The molecule has 0 bridgehead atoms. The lowest BCUT2D eigenvalue weighted by Gasteiger charge is -2.23. The number of hydrogen-bond acceptors (Lipinski definition) is 4. The summed E-state index contributed by atoms with van der Waals surface area (Å²) < 4.78 is 8.27. The Morgan fingerprint density at radius 3 is 2.95 bits per heavy atom. The molecule has 2 aliphatic rings. The van der Waals surface area contributed by atoms with Crippen molar-refractivity contribution >= 4 is 0 Å². The predicted molar refractivity (Wildman–Crippen MR) is 77.3 cm³/mol. The van der Waals surface area contributed by atoms with Gasteiger partial charge in [0.05, 0.1) is 23.9 Å². The van der Waals surface area contributed by atoms with Crippen molar-refractivity contribution in [1.29, 1.82) is 0 Å². The maximum absolute atomic E-state index is 6.32. The largest absolute Gasteiger partial charge is 0.370 e. The monoisotopic (exact) mass is 278 g/mol. The summed E-state index contributed by atoms with van der Waals surface area (Å²) in [7, 11) is 0. The number of hydrogen-bond donors (Lipinski definition) is 1. The summed E-state index contributed by atoms with van der Waals surface area (Å²) in [5, 5.41) is 8.46. The fourth-order valence-electron chi connectivity index (χ4n) is 3.61. The van der Waals surface area contributed by atoms with E-state index in [0.29, 0.717) is 6.10 Å². The Bertz CT molecular complexity index is 425. The zero-order valence-electron chi connectivity index (χ0n) is 12.3. The molecule has 0 radical (unpaired) electrons. The van der Waals surface area contributed by atoms with E-state index in [1.54, 1.807) is 0 Å². The molecule has 0 amide bonds. The molecule has 3 rings (SSSR count). The Hall–Kier alpha value is -0.940. The van der Waals surface area contributed by atoms with Gasteiger partial charge in [-0.05, 0) is 51.5 Å². The first kappa shape index (κ1) is 14.0. The first-order valence-electron chi connectivity index (χ1n) is 8.07. The van der Waals surface area contributed by atoms with E-state index >= 15 is 0 Å². The van der Waals surface area contributed by atoms with Crippen LogP contribution in [0.2, 0.25) is 0 Å². The van der Waals surface area contributed by atoms with Crippen molar-refractivity contribution in [2.45, 2.75) is 76.0 Å². The highest BCUT2D eigenvalue weighted by atomic mass is 16.5. The third-order valence-corrected chi connectivity index (χ3v) is 4.72. The van der Waals surface area contributed by atoms with Gasteiger partial charge in [-0.1, -0.05) is 18.1 Å². The number of unbranched alkanes of at least 4 members (excludes halogenated alkanes) is 1. The normalized spacial score (nSPS) is 24.8. The minimum absolute atomic E-state index is 0.217. The molecule has 1 aromatic rings. The third-order valence-electron chi connectivity index (χ3n) is 4.72. The van der Waals surface area contributed by atoms with Gasteiger partial charge in [-0.15, -0.1) is 5.10 Å². The van der Waals surface area contributed by atoms with Crippen molar-refractivity contribution in [3.05, 3.63) is 11.9 Å². The highest BCUT2D eigenvalue weighted by Gasteiger charge is 2.42. The molecule has 5 heteroatoms. The summed E-state index contributed by atoms with van der Waals surface area (Å²) >= 11 is 0. The minimum atomic E-state index is 0.217. The number of nitrogens with two attached hydrogens (primary N) is 1. The van der Waals surface area contributed by atoms with E-state index in [9.17, 15) is 0 Å². The number of aromatic nitrogens is 3. The molecule has 1 unspecified atom stereocenters. The van der Waals surface area contributed by atoms with Gasteiger partial charge in [-0.2, -0.15) is 0 Å². The van der Waals surface area contributed by atoms with Gasteiger partial charge in [0.25, 0.3) is 0 Å². The van der Waals surface area contributed by atoms with E-state index in [-0.39, 0.29) is 5.60 Å². The molecule has 2 fully saturated rings. The molecule has 1 saturated heterocycles. The third kappa shape index (κ3) is 3.20. The number of rotatable bonds is 6. The molecule has 1 saturated carbocycles. The van der Waals surface area contributed by atoms with Crippen LogP contribution in [-0.4, -0.2) is 33.2 Å². The molecular formula is C15H26N4O. The maximum atomic E-state index is 6.32. The zero-order valence-corrected chi connectivity index (χ0v) is 12.3. The van der Waals surface area contributed by atoms with Crippen molar-refractivity contribution in [2.24, 2.45) is 5.73 Å². The smallest absolute Gasteiger partial charge is 0.0827 e. The molecule has 2 heterocycles. The van der Waals surface area contributed by atoms with E-state index in [1.165, 1.54) is 38.5 Å². The molecular weight excluding hydrogens is 252 g/mol. The van der Waals surface area contributed by atoms with E-state index < -0.39 is 0 Å². The molecule has 0 aromatic carbocycles. The van der Waals surface area contributed by atoms with Crippen LogP contribution in [0.5, 0.6) is 0 Å². The number of nitrogens with zero attached hydrogens (tertiary/aromatic N) is 3. The maximum Gasteiger partial charge on any atom is 0.0827 e. The summed E-state index contributed by atoms with van der Waals surface area (Å²) in [6.07, 6.45) is 13.1. The van der Waals surface area contributed by atoms with Crippen LogP contribution >= 0.6 is 0 Å². The van der Waals surface area contributed by atoms with Crippen LogP contribution in [0, 0.1) is 0 Å². The molecule has 20 heavy (non-hydrogen) atoms. The van der Waals surface area contributed by atoms with Crippen LogP contribution in [0.25, 0.3) is 0 Å². The second-order valence-electron chi connectivity index (χ2n) is 6.35. The fourth-order valence-corrected chi connectivity index (χ4v) is 3.61. The Labute approximate surface area is 120 Å². The lowest BCUT2D eigenvalue weighted by Crippen LogP contribution is -2.26. The van der Waals surface area contributed by atoms with E-state index in [0.717, 1.165) is 38.0 Å².